The number of oxazole rings is 1. The van der Waals surface area contributed by atoms with E-state index in [2.05, 4.69) is 9.88 Å². The van der Waals surface area contributed by atoms with Gasteiger partial charge in [0.05, 0.1) is 36.8 Å². The molecule has 2 aromatic rings. The Morgan fingerprint density at radius 1 is 1.07 bits per heavy atom. The summed E-state index contributed by atoms with van der Waals surface area (Å²) in [5.41, 5.74) is 0.684. The Morgan fingerprint density at radius 3 is 2.41 bits per heavy atom. The molecule has 2 aromatic heterocycles. The van der Waals surface area contributed by atoms with Crippen molar-refractivity contribution in [3.05, 3.63) is 29.0 Å². The highest BCUT2D eigenvalue weighted by atomic mass is 32.1. The lowest BCUT2D eigenvalue weighted by Crippen LogP contribution is -2.53. The summed E-state index contributed by atoms with van der Waals surface area (Å²) in [6, 6.07) is 3.90. The van der Waals surface area contributed by atoms with Crippen molar-refractivity contribution >= 4 is 23.2 Å². The summed E-state index contributed by atoms with van der Waals surface area (Å²) in [5, 5.41) is 1.97. The minimum Gasteiger partial charge on any atom is -0.440 e. The number of aryl methyl sites for hydroxylation is 1. The molecule has 0 saturated carbocycles. The van der Waals surface area contributed by atoms with E-state index in [0.29, 0.717) is 63.3 Å². The van der Waals surface area contributed by atoms with Crippen LogP contribution in [0.3, 0.4) is 0 Å². The number of carbonyl (C=O) groups is 2. The van der Waals surface area contributed by atoms with E-state index >= 15 is 0 Å². The summed E-state index contributed by atoms with van der Waals surface area (Å²) < 4.78 is 11.1. The van der Waals surface area contributed by atoms with Gasteiger partial charge in [-0.1, -0.05) is 6.07 Å². The third-order valence-electron chi connectivity index (χ3n) is 5.39. The van der Waals surface area contributed by atoms with Gasteiger partial charge >= 0.3 is 0 Å². The van der Waals surface area contributed by atoms with E-state index < -0.39 is 0 Å². The van der Waals surface area contributed by atoms with Crippen molar-refractivity contribution in [2.24, 2.45) is 0 Å². The average molecular weight is 419 g/mol. The third kappa shape index (κ3) is 4.85. The molecule has 0 atom stereocenters. The van der Waals surface area contributed by atoms with E-state index in [0.717, 1.165) is 18.0 Å². The number of aromatic nitrogens is 1. The monoisotopic (exact) mass is 418 g/mol. The molecule has 8 nitrogen and oxygen atoms in total. The summed E-state index contributed by atoms with van der Waals surface area (Å²) in [6.45, 7) is 7.51. The van der Waals surface area contributed by atoms with Crippen LogP contribution in [-0.4, -0.2) is 90.5 Å². The topological polar surface area (TPSA) is 79.1 Å². The second-order valence-corrected chi connectivity index (χ2v) is 8.27. The van der Waals surface area contributed by atoms with E-state index in [1.54, 1.807) is 11.3 Å². The number of hydrogen-bond acceptors (Lipinski definition) is 7. The van der Waals surface area contributed by atoms with Crippen LogP contribution in [0.5, 0.6) is 0 Å². The molecule has 2 fully saturated rings. The Bertz CT molecular complexity index is 837. The zero-order chi connectivity index (χ0) is 20.2. The van der Waals surface area contributed by atoms with Crippen molar-refractivity contribution in [1.29, 1.82) is 0 Å². The number of piperazine rings is 1. The highest BCUT2D eigenvalue weighted by Gasteiger charge is 2.26. The molecule has 4 heterocycles. The molecular weight excluding hydrogens is 392 g/mol. The lowest BCUT2D eigenvalue weighted by molar-refractivity contribution is -0.140. The van der Waals surface area contributed by atoms with Crippen LogP contribution < -0.4 is 0 Å². The molecule has 0 aromatic carbocycles. The number of morpholine rings is 1. The van der Waals surface area contributed by atoms with E-state index in [1.165, 1.54) is 0 Å². The maximum atomic E-state index is 12.7. The maximum Gasteiger partial charge on any atom is 0.236 e. The first-order chi connectivity index (χ1) is 14.1. The Hall–Kier alpha value is -2.23. The molecule has 2 aliphatic rings. The zero-order valence-corrected chi connectivity index (χ0v) is 17.4. The normalized spacial score (nSPS) is 18.2. The number of amides is 2. The second-order valence-electron chi connectivity index (χ2n) is 7.33. The molecular formula is C20H26N4O4S. The minimum atomic E-state index is 0.0272. The van der Waals surface area contributed by atoms with Crippen LogP contribution in [0.1, 0.15) is 11.5 Å². The number of thiophene rings is 1. The molecule has 0 unspecified atom stereocenters. The predicted molar refractivity (Wildman–Crippen MR) is 109 cm³/mol. The standard InChI is InChI=1S/C20H26N4O4S/c1-15-16(21-20(28-15)17-3-2-12-29-17)13-18(25)23-4-6-24(7-5-23)19(26)14-22-8-10-27-11-9-22/h2-3,12H,4-11,13-14H2,1H3. The SMILES string of the molecule is Cc1oc(-c2cccs2)nc1CC(=O)N1CCN(C(=O)CN2CCOCC2)CC1. The third-order valence-corrected chi connectivity index (χ3v) is 6.25. The van der Waals surface area contributed by atoms with Crippen LogP contribution in [0, 0.1) is 6.92 Å². The van der Waals surface area contributed by atoms with Gasteiger partial charge < -0.3 is 19.0 Å². The van der Waals surface area contributed by atoms with Crippen molar-refractivity contribution in [2.45, 2.75) is 13.3 Å². The predicted octanol–water partition coefficient (Wildman–Crippen LogP) is 1.26. The molecule has 0 aliphatic carbocycles. The quantitative estimate of drug-likeness (QED) is 0.727. The van der Waals surface area contributed by atoms with Gasteiger partial charge in [-0.2, -0.15) is 0 Å². The lowest BCUT2D eigenvalue weighted by atomic mass is 10.2. The van der Waals surface area contributed by atoms with Crippen molar-refractivity contribution in [3.63, 3.8) is 0 Å². The van der Waals surface area contributed by atoms with Gasteiger partial charge in [0.25, 0.3) is 0 Å². The molecule has 0 N–H and O–H groups in total. The molecule has 4 rings (SSSR count). The molecule has 0 bridgehead atoms. The van der Waals surface area contributed by atoms with E-state index in [9.17, 15) is 9.59 Å². The van der Waals surface area contributed by atoms with Crippen LogP contribution in [0.25, 0.3) is 10.8 Å². The summed E-state index contributed by atoms with van der Waals surface area (Å²) in [7, 11) is 0. The number of rotatable bonds is 5. The van der Waals surface area contributed by atoms with Crippen LogP contribution in [0.2, 0.25) is 0 Å². The van der Waals surface area contributed by atoms with Crippen LogP contribution in [0.15, 0.2) is 21.9 Å². The van der Waals surface area contributed by atoms with Gasteiger partial charge in [-0.15, -0.1) is 11.3 Å². The van der Waals surface area contributed by atoms with E-state index in [1.807, 2.05) is 34.2 Å². The first-order valence-corrected chi connectivity index (χ1v) is 10.8. The molecule has 9 heteroatoms. The van der Waals surface area contributed by atoms with Gasteiger partial charge in [-0.05, 0) is 18.4 Å². The van der Waals surface area contributed by atoms with Crippen molar-refractivity contribution in [1.82, 2.24) is 19.7 Å². The molecule has 0 spiro atoms. The van der Waals surface area contributed by atoms with E-state index in [4.69, 9.17) is 9.15 Å². The number of nitrogens with zero attached hydrogens (tertiary/aromatic N) is 4. The van der Waals surface area contributed by atoms with Gasteiger partial charge in [-0.3, -0.25) is 14.5 Å². The number of carbonyl (C=O) groups excluding carboxylic acids is 2. The molecule has 29 heavy (non-hydrogen) atoms. The fourth-order valence-corrected chi connectivity index (χ4v) is 4.26. The maximum absolute atomic E-state index is 12.7. The summed E-state index contributed by atoms with van der Waals surface area (Å²) in [6.07, 6.45) is 0.225. The Labute approximate surface area is 174 Å². The van der Waals surface area contributed by atoms with Gasteiger partial charge in [-0.25, -0.2) is 4.98 Å². The summed E-state index contributed by atoms with van der Waals surface area (Å²) in [5.74, 6) is 1.41. The summed E-state index contributed by atoms with van der Waals surface area (Å²) in [4.78, 5) is 36.5. The highest BCUT2D eigenvalue weighted by molar-refractivity contribution is 7.13. The molecule has 2 amide bonds. The first kappa shape index (κ1) is 20.1. The highest BCUT2D eigenvalue weighted by Crippen LogP contribution is 2.26. The largest absolute Gasteiger partial charge is 0.440 e. The number of hydrogen-bond donors (Lipinski definition) is 0. The molecule has 2 aliphatic heterocycles. The van der Waals surface area contributed by atoms with Gasteiger partial charge in [0.15, 0.2) is 0 Å². The van der Waals surface area contributed by atoms with Crippen LogP contribution in [0.4, 0.5) is 0 Å². The van der Waals surface area contributed by atoms with Gasteiger partial charge in [0.1, 0.15) is 5.76 Å². The second kappa shape index (κ2) is 9.06. The molecule has 0 radical (unpaired) electrons. The average Bonchev–Trinajstić information content (AvgIpc) is 3.39. The fourth-order valence-electron chi connectivity index (χ4n) is 3.61. The molecule has 2 saturated heterocycles. The van der Waals surface area contributed by atoms with E-state index in [-0.39, 0.29) is 18.2 Å². The van der Waals surface area contributed by atoms with Crippen molar-refractivity contribution < 1.29 is 18.7 Å². The van der Waals surface area contributed by atoms with Crippen molar-refractivity contribution in [2.75, 3.05) is 59.0 Å². The van der Waals surface area contributed by atoms with Gasteiger partial charge in [0.2, 0.25) is 17.7 Å². The van der Waals surface area contributed by atoms with Gasteiger partial charge in [0, 0.05) is 39.3 Å². The molecule has 156 valence electrons. The smallest absolute Gasteiger partial charge is 0.236 e. The zero-order valence-electron chi connectivity index (χ0n) is 16.6. The Balaban J connectivity index is 1.27. The van der Waals surface area contributed by atoms with Crippen LogP contribution in [-0.2, 0) is 20.7 Å². The van der Waals surface area contributed by atoms with Crippen LogP contribution >= 0.6 is 11.3 Å². The minimum absolute atomic E-state index is 0.0272. The summed E-state index contributed by atoms with van der Waals surface area (Å²) >= 11 is 1.56. The first-order valence-electron chi connectivity index (χ1n) is 9.96. The number of ether oxygens (including phenoxy) is 1. The lowest BCUT2D eigenvalue weighted by Gasteiger charge is -2.36. The Kier molecular flexibility index (Phi) is 6.27. The van der Waals surface area contributed by atoms with Crippen molar-refractivity contribution in [3.8, 4) is 10.8 Å². The fraction of sp³-hybridized carbons (Fsp3) is 0.550. The Morgan fingerprint density at radius 2 is 1.76 bits per heavy atom.